The molecule has 1 aromatic carbocycles. The maximum absolute atomic E-state index is 8.67. The maximum Gasteiger partial charge on any atom is 0.0623 e. The Morgan fingerprint density at radius 1 is 1.33 bits per heavy atom. The Balaban J connectivity index is 2.71. The van der Waals surface area contributed by atoms with Crippen molar-refractivity contribution >= 4 is 16.6 Å². The molecule has 62 valence electrons. The van der Waals surface area contributed by atoms with Crippen molar-refractivity contribution in [3.05, 3.63) is 30.5 Å². The van der Waals surface area contributed by atoms with Crippen molar-refractivity contribution in [1.82, 2.24) is 4.57 Å². The third kappa shape index (κ3) is 0.950. The molecule has 0 saturated heterocycles. The molecular formula is C9H10N2O. The van der Waals surface area contributed by atoms with E-state index in [0.29, 0.717) is 5.69 Å². The number of nitrogens with zero attached hydrogens (tertiary/aromatic N) is 1. The minimum absolute atomic E-state index is 0.712. The molecule has 2 rings (SSSR count). The van der Waals surface area contributed by atoms with Gasteiger partial charge in [-0.2, -0.15) is 0 Å². The third-order valence-corrected chi connectivity index (χ3v) is 2.02. The fourth-order valence-electron chi connectivity index (χ4n) is 1.33. The van der Waals surface area contributed by atoms with E-state index in [1.807, 2.05) is 42.1 Å². The maximum atomic E-state index is 8.67. The largest absolute Gasteiger partial charge is 0.350 e. The molecule has 12 heavy (non-hydrogen) atoms. The molecule has 0 spiro atoms. The van der Waals surface area contributed by atoms with Crippen molar-refractivity contribution in [2.24, 2.45) is 7.05 Å². The van der Waals surface area contributed by atoms with Gasteiger partial charge in [-0.15, -0.1) is 0 Å². The summed E-state index contributed by atoms with van der Waals surface area (Å²) in [7, 11) is 1.98. The fourth-order valence-corrected chi connectivity index (χ4v) is 1.33. The number of benzene rings is 1. The second-order valence-electron chi connectivity index (χ2n) is 2.81. The van der Waals surface area contributed by atoms with Crippen molar-refractivity contribution < 1.29 is 5.21 Å². The van der Waals surface area contributed by atoms with E-state index in [1.165, 1.54) is 5.39 Å². The van der Waals surface area contributed by atoms with E-state index in [2.05, 4.69) is 5.48 Å². The average Bonchev–Trinajstić information content (AvgIpc) is 2.47. The summed E-state index contributed by atoms with van der Waals surface area (Å²) in [6.07, 6.45) is 1.99. The molecule has 0 fully saturated rings. The SMILES string of the molecule is Cn1ccc2ccc(NO)cc21. The molecule has 0 unspecified atom stereocenters. The highest BCUT2D eigenvalue weighted by molar-refractivity contribution is 5.83. The van der Waals surface area contributed by atoms with Gasteiger partial charge in [-0.25, -0.2) is 0 Å². The molecule has 0 radical (unpaired) electrons. The van der Waals surface area contributed by atoms with Crippen LogP contribution in [-0.4, -0.2) is 9.77 Å². The van der Waals surface area contributed by atoms with Crippen LogP contribution < -0.4 is 5.48 Å². The van der Waals surface area contributed by atoms with Crippen LogP contribution in [0.5, 0.6) is 0 Å². The van der Waals surface area contributed by atoms with E-state index in [-0.39, 0.29) is 0 Å². The van der Waals surface area contributed by atoms with Crippen molar-refractivity contribution in [3.8, 4) is 0 Å². The third-order valence-electron chi connectivity index (χ3n) is 2.02. The summed E-state index contributed by atoms with van der Waals surface area (Å²) in [6.45, 7) is 0. The summed E-state index contributed by atoms with van der Waals surface area (Å²) < 4.78 is 2.01. The molecule has 2 N–H and O–H groups in total. The fraction of sp³-hybridized carbons (Fsp3) is 0.111. The van der Waals surface area contributed by atoms with Gasteiger partial charge in [-0.05, 0) is 23.6 Å². The van der Waals surface area contributed by atoms with Crippen LogP contribution >= 0.6 is 0 Å². The summed E-state index contributed by atoms with van der Waals surface area (Å²) in [4.78, 5) is 0. The molecule has 0 atom stereocenters. The highest BCUT2D eigenvalue weighted by Gasteiger charge is 1.97. The molecular weight excluding hydrogens is 152 g/mol. The Kier molecular flexibility index (Phi) is 1.52. The number of anilines is 1. The Bertz CT molecular complexity index is 406. The summed E-state index contributed by atoms with van der Waals surface area (Å²) in [5.41, 5.74) is 3.94. The first-order valence-electron chi connectivity index (χ1n) is 3.76. The first-order chi connectivity index (χ1) is 5.81. The second kappa shape index (κ2) is 2.53. The lowest BCUT2D eigenvalue weighted by molar-refractivity contribution is 0.389. The number of hydrogen-bond acceptors (Lipinski definition) is 2. The number of rotatable bonds is 1. The van der Waals surface area contributed by atoms with Gasteiger partial charge in [0.2, 0.25) is 0 Å². The monoisotopic (exact) mass is 162 g/mol. The van der Waals surface area contributed by atoms with Gasteiger partial charge in [0, 0.05) is 18.8 Å². The van der Waals surface area contributed by atoms with E-state index >= 15 is 0 Å². The molecule has 0 aliphatic heterocycles. The molecule has 1 aromatic heterocycles. The molecule has 2 aromatic rings. The minimum Gasteiger partial charge on any atom is -0.350 e. The van der Waals surface area contributed by atoms with Crippen molar-refractivity contribution in [2.45, 2.75) is 0 Å². The van der Waals surface area contributed by atoms with Gasteiger partial charge in [-0.1, -0.05) is 6.07 Å². The molecule has 0 aliphatic carbocycles. The lowest BCUT2D eigenvalue weighted by atomic mass is 10.2. The lowest BCUT2D eigenvalue weighted by Gasteiger charge is -1.99. The zero-order chi connectivity index (χ0) is 8.55. The Hall–Kier alpha value is -1.48. The number of hydrogen-bond donors (Lipinski definition) is 2. The normalized spacial score (nSPS) is 10.5. The summed E-state index contributed by atoms with van der Waals surface area (Å²) >= 11 is 0. The molecule has 3 heteroatoms. The van der Waals surface area contributed by atoms with Crippen LogP contribution in [0.15, 0.2) is 30.5 Å². The van der Waals surface area contributed by atoms with Gasteiger partial charge in [-0.3, -0.25) is 10.7 Å². The topological polar surface area (TPSA) is 37.2 Å². The Morgan fingerprint density at radius 2 is 2.17 bits per heavy atom. The van der Waals surface area contributed by atoms with E-state index in [4.69, 9.17) is 5.21 Å². The predicted molar refractivity (Wildman–Crippen MR) is 48.3 cm³/mol. The van der Waals surface area contributed by atoms with Gasteiger partial charge >= 0.3 is 0 Å². The minimum atomic E-state index is 0.712. The highest BCUT2D eigenvalue weighted by atomic mass is 16.5. The highest BCUT2D eigenvalue weighted by Crippen LogP contribution is 2.18. The Labute approximate surface area is 70.2 Å². The van der Waals surface area contributed by atoms with Crippen LogP contribution in [0.25, 0.3) is 10.9 Å². The number of nitrogens with one attached hydrogen (secondary N) is 1. The van der Waals surface area contributed by atoms with Crippen LogP contribution in [0.2, 0.25) is 0 Å². The van der Waals surface area contributed by atoms with Gasteiger partial charge in [0.05, 0.1) is 5.69 Å². The molecule has 0 bridgehead atoms. The van der Waals surface area contributed by atoms with Crippen LogP contribution in [0, 0.1) is 0 Å². The zero-order valence-corrected chi connectivity index (χ0v) is 6.78. The van der Waals surface area contributed by atoms with Gasteiger partial charge in [0.1, 0.15) is 0 Å². The lowest BCUT2D eigenvalue weighted by Crippen LogP contribution is -1.89. The zero-order valence-electron chi connectivity index (χ0n) is 6.78. The average molecular weight is 162 g/mol. The van der Waals surface area contributed by atoms with Crippen LogP contribution in [0.3, 0.4) is 0 Å². The molecule has 0 amide bonds. The summed E-state index contributed by atoms with van der Waals surface area (Å²) in [6, 6.07) is 7.74. The van der Waals surface area contributed by atoms with Crippen molar-refractivity contribution in [2.75, 3.05) is 5.48 Å². The van der Waals surface area contributed by atoms with Gasteiger partial charge in [0.15, 0.2) is 0 Å². The molecule has 1 heterocycles. The number of aryl methyl sites for hydroxylation is 1. The van der Waals surface area contributed by atoms with E-state index in [1.54, 1.807) is 0 Å². The van der Waals surface area contributed by atoms with Crippen LogP contribution in [0.4, 0.5) is 5.69 Å². The van der Waals surface area contributed by atoms with Crippen LogP contribution in [0.1, 0.15) is 0 Å². The summed E-state index contributed by atoms with van der Waals surface area (Å²) in [5.74, 6) is 0. The first kappa shape index (κ1) is 7.18. The quantitative estimate of drug-likeness (QED) is 0.629. The van der Waals surface area contributed by atoms with Crippen molar-refractivity contribution in [1.29, 1.82) is 0 Å². The van der Waals surface area contributed by atoms with E-state index in [9.17, 15) is 0 Å². The number of fused-ring (bicyclic) bond motifs is 1. The van der Waals surface area contributed by atoms with E-state index in [0.717, 1.165) is 5.52 Å². The predicted octanol–water partition coefficient (Wildman–Crippen LogP) is 1.98. The number of aromatic nitrogens is 1. The van der Waals surface area contributed by atoms with Gasteiger partial charge in [0.25, 0.3) is 0 Å². The van der Waals surface area contributed by atoms with Crippen LogP contribution in [-0.2, 0) is 7.05 Å². The Morgan fingerprint density at radius 3 is 2.92 bits per heavy atom. The smallest absolute Gasteiger partial charge is 0.0623 e. The second-order valence-corrected chi connectivity index (χ2v) is 2.81. The van der Waals surface area contributed by atoms with E-state index < -0.39 is 0 Å². The first-order valence-corrected chi connectivity index (χ1v) is 3.76. The van der Waals surface area contributed by atoms with Crippen molar-refractivity contribution in [3.63, 3.8) is 0 Å². The van der Waals surface area contributed by atoms with Gasteiger partial charge < -0.3 is 4.57 Å². The summed E-state index contributed by atoms with van der Waals surface area (Å²) in [5, 5.41) is 9.84. The standard InChI is InChI=1S/C9H10N2O/c1-11-5-4-7-2-3-8(10-12)6-9(7)11/h2-6,10,12H,1H3. The molecule has 0 saturated carbocycles. The molecule has 3 nitrogen and oxygen atoms in total. The molecule has 0 aliphatic rings.